The lowest BCUT2D eigenvalue weighted by Gasteiger charge is -2.09. The lowest BCUT2D eigenvalue weighted by atomic mass is 10.2. The van der Waals surface area contributed by atoms with E-state index in [2.05, 4.69) is 5.32 Å². The Morgan fingerprint density at radius 2 is 1.69 bits per heavy atom. The lowest BCUT2D eigenvalue weighted by Crippen LogP contribution is -2.21. The van der Waals surface area contributed by atoms with Crippen LogP contribution in [0.3, 0.4) is 0 Å². The van der Waals surface area contributed by atoms with Crippen molar-refractivity contribution in [2.45, 2.75) is 4.90 Å². The Hall–Kier alpha value is -1.80. The van der Waals surface area contributed by atoms with Gasteiger partial charge in [-0.05, 0) is 36.4 Å². The molecule has 0 aliphatic heterocycles. The highest BCUT2D eigenvalue weighted by Gasteiger charge is 2.18. The molecule has 26 heavy (non-hydrogen) atoms. The average molecular weight is 437 g/mol. The third-order valence-electron chi connectivity index (χ3n) is 3.12. The molecule has 0 heterocycles. The third-order valence-corrected chi connectivity index (χ3v) is 5.13. The Kier molecular flexibility index (Phi) is 6.52. The molecule has 0 atom stereocenters. The smallest absolute Gasteiger partial charge is 0.340 e. The van der Waals surface area contributed by atoms with Gasteiger partial charge < -0.3 is 10.1 Å². The number of carbonyl (C=O) groups is 2. The van der Waals surface area contributed by atoms with Crippen LogP contribution >= 0.6 is 34.8 Å². The molecule has 1 amide bonds. The zero-order chi connectivity index (χ0) is 19.5. The summed E-state index contributed by atoms with van der Waals surface area (Å²) < 4.78 is 28.0. The number of nitrogens with one attached hydrogen (secondary N) is 1. The van der Waals surface area contributed by atoms with E-state index in [0.717, 1.165) is 12.3 Å². The third kappa shape index (κ3) is 5.35. The molecule has 0 unspecified atom stereocenters. The monoisotopic (exact) mass is 435 g/mol. The van der Waals surface area contributed by atoms with E-state index in [0.29, 0.717) is 5.02 Å². The maximum Gasteiger partial charge on any atom is 0.340 e. The quantitative estimate of drug-likeness (QED) is 0.719. The number of benzene rings is 2. The highest BCUT2D eigenvalue weighted by molar-refractivity contribution is 7.90. The SMILES string of the molecule is CS(=O)(=O)c1ccc(Cl)c(C(=O)OCC(=O)Nc2cc(Cl)ccc2Cl)c1. The number of anilines is 1. The Labute approximate surface area is 164 Å². The van der Waals surface area contributed by atoms with Crippen molar-refractivity contribution < 1.29 is 22.7 Å². The van der Waals surface area contributed by atoms with Gasteiger partial charge in [0.1, 0.15) is 0 Å². The summed E-state index contributed by atoms with van der Waals surface area (Å²) in [4.78, 5) is 23.9. The van der Waals surface area contributed by atoms with Crippen LogP contribution in [0.2, 0.25) is 15.1 Å². The number of rotatable bonds is 5. The van der Waals surface area contributed by atoms with E-state index in [1.807, 2.05) is 0 Å². The second-order valence-corrected chi connectivity index (χ2v) is 8.43. The molecular formula is C16H12Cl3NO5S. The number of amides is 1. The predicted octanol–water partition coefficient (Wildman–Crippen LogP) is 3.85. The Morgan fingerprint density at radius 1 is 1.04 bits per heavy atom. The molecule has 0 fully saturated rings. The van der Waals surface area contributed by atoms with Gasteiger partial charge in [-0.2, -0.15) is 0 Å². The molecule has 0 aliphatic carbocycles. The van der Waals surface area contributed by atoms with Gasteiger partial charge in [0, 0.05) is 11.3 Å². The van der Waals surface area contributed by atoms with Gasteiger partial charge in [0.2, 0.25) is 0 Å². The first-order valence-corrected chi connectivity index (χ1v) is 10.0. The summed E-state index contributed by atoms with van der Waals surface area (Å²) in [7, 11) is -3.53. The minimum absolute atomic E-state index is 0.000642. The number of halogens is 3. The van der Waals surface area contributed by atoms with Crippen molar-refractivity contribution in [3.8, 4) is 0 Å². The van der Waals surface area contributed by atoms with Crippen LogP contribution in [0.15, 0.2) is 41.3 Å². The highest BCUT2D eigenvalue weighted by atomic mass is 35.5. The fourth-order valence-electron chi connectivity index (χ4n) is 1.88. The van der Waals surface area contributed by atoms with Gasteiger partial charge in [-0.25, -0.2) is 13.2 Å². The summed E-state index contributed by atoms with van der Waals surface area (Å²) in [6, 6.07) is 8.11. The second kappa shape index (κ2) is 8.26. The van der Waals surface area contributed by atoms with Crippen LogP contribution in [0.4, 0.5) is 5.69 Å². The van der Waals surface area contributed by atoms with E-state index in [4.69, 9.17) is 39.5 Å². The van der Waals surface area contributed by atoms with Crippen LogP contribution in [-0.2, 0) is 19.4 Å². The fourth-order valence-corrected chi connectivity index (χ4v) is 3.06. The van der Waals surface area contributed by atoms with Crippen LogP contribution in [0.1, 0.15) is 10.4 Å². The summed E-state index contributed by atoms with van der Waals surface area (Å²) in [5, 5.41) is 3.08. The molecule has 0 aromatic heterocycles. The first-order chi connectivity index (χ1) is 12.1. The van der Waals surface area contributed by atoms with Crippen molar-refractivity contribution >= 4 is 62.2 Å². The lowest BCUT2D eigenvalue weighted by molar-refractivity contribution is -0.119. The van der Waals surface area contributed by atoms with Gasteiger partial charge in [-0.15, -0.1) is 0 Å². The average Bonchev–Trinajstić information content (AvgIpc) is 2.55. The molecular weight excluding hydrogens is 425 g/mol. The largest absolute Gasteiger partial charge is 0.452 e. The second-order valence-electron chi connectivity index (χ2n) is 5.16. The first kappa shape index (κ1) is 20.5. The van der Waals surface area contributed by atoms with Crippen LogP contribution in [0, 0.1) is 0 Å². The van der Waals surface area contributed by atoms with Gasteiger partial charge in [0.05, 0.1) is 26.2 Å². The summed E-state index contributed by atoms with van der Waals surface area (Å²) in [6.45, 7) is -0.624. The van der Waals surface area contributed by atoms with E-state index in [9.17, 15) is 18.0 Å². The number of esters is 1. The Morgan fingerprint density at radius 3 is 2.35 bits per heavy atom. The normalized spacial score (nSPS) is 11.1. The molecule has 0 saturated carbocycles. The molecule has 0 aliphatic rings. The highest BCUT2D eigenvalue weighted by Crippen LogP contribution is 2.25. The van der Waals surface area contributed by atoms with Crippen molar-refractivity contribution in [2.75, 3.05) is 18.2 Å². The maximum absolute atomic E-state index is 12.1. The molecule has 6 nitrogen and oxygen atoms in total. The first-order valence-electron chi connectivity index (χ1n) is 6.99. The predicted molar refractivity (Wildman–Crippen MR) is 99.9 cm³/mol. The minimum Gasteiger partial charge on any atom is -0.452 e. The molecule has 10 heteroatoms. The van der Waals surface area contributed by atoms with Crippen LogP contribution in [0.5, 0.6) is 0 Å². The number of sulfone groups is 1. The number of ether oxygens (including phenoxy) is 1. The van der Waals surface area contributed by atoms with Crippen LogP contribution in [0.25, 0.3) is 0 Å². The molecule has 138 valence electrons. The molecule has 2 rings (SSSR count). The molecule has 2 aromatic carbocycles. The van der Waals surface area contributed by atoms with Crippen molar-refractivity contribution in [1.82, 2.24) is 0 Å². The number of carbonyl (C=O) groups excluding carboxylic acids is 2. The van der Waals surface area contributed by atoms with E-state index >= 15 is 0 Å². The zero-order valence-corrected chi connectivity index (χ0v) is 16.3. The maximum atomic E-state index is 12.1. The van der Waals surface area contributed by atoms with Crippen LogP contribution < -0.4 is 5.32 Å². The Bertz CT molecular complexity index is 976. The number of hydrogen-bond acceptors (Lipinski definition) is 5. The van der Waals surface area contributed by atoms with Crippen molar-refractivity contribution in [3.63, 3.8) is 0 Å². The number of hydrogen-bond donors (Lipinski definition) is 1. The standard InChI is InChI=1S/C16H12Cl3NO5S/c1-26(23,24)10-3-5-12(18)11(7-10)16(22)25-8-15(21)20-14-6-9(17)2-4-13(14)19/h2-7H,8H2,1H3,(H,20,21). The van der Waals surface area contributed by atoms with Crippen molar-refractivity contribution in [2.24, 2.45) is 0 Å². The fraction of sp³-hybridized carbons (Fsp3) is 0.125. The summed E-state index contributed by atoms with van der Waals surface area (Å²) >= 11 is 17.6. The zero-order valence-electron chi connectivity index (χ0n) is 13.3. The van der Waals surface area contributed by atoms with Gasteiger partial charge in [0.25, 0.3) is 5.91 Å². The van der Waals surface area contributed by atoms with Gasteiger partial charge in [-0.1, -0.05) is 34.8 Å². The van der Waals surface area contributed by atoms with Gasteiger partial charge in [-0.3, -0.25) is 4.79 Å². The molecule has 1 N–H and O–H groups in total. The van der Waals surface area contributed by atoms with Gasteiger partial charge in [0.15, 0.2) is 16.4 Å². The van der Waals surface area contributed by atoms with Crippen LogP contribution in [-0.4, -0.2) is 33.2 Å². The molecule has 2 aromatic rings. The van der Waals surface area contributed by atoms with E-state index in [1.165, 1.54) is 24.3 Å². The van der Waals surface area contributed by atoms with E-state index in [-0.39, 0.29) is 26.2 Å². The summed E-state index contributed by atoms with van der Waals surface area (Å²) in [5.41, 5.74) is 0.0977. The molecule has 0 radical (unpaired) electrons. The molecule has 0 bridgehead atoms. The van der Waals surface area contributed by atoms with Crippen molar-refractivity contribution in [3.05, 3.63) is 57.0 Å². The summed E-state index contributed by atoms with van der Waals surface area (Å²) in [6.07, 6.45) is 0.994. The molecule has 0 spiro atoms. The van der Waals surface area contributed by atoms with Gasteiger partial charge >= 0.3 is 5.97 Å². The van der Waals surface area contributed by atoms with E-state index < -0.39 is 28.3 Å². The minimum atomic E-state index is -3.53. The summed E-state index contributed by atoms with van der Waals surface area (Å²) in [5.74, 6) is -1.59. The van der Waals surface area contributed by atoms with E-state index in [1.54, 1.807) is 6.07 Å². The molecule has 0 saturated heterocycles. The topological polar surface area (TPSA) is 89.5 Å². The Balaban J connectivity index is 2.06. The van der Waals surface area contributed by atoms with Crippen molar-refractivity contribution in [1.29, 1.82) is 0 Å².